The van der Waals surface area contributed by atoms with Crippen molar-refractivity contribution in [3.8, 4) is 5.75 Å². The van der Waals surface area contributed by atoms with E-state index < -0.39 is 17.7 Å². The average Bonchev–Trinajstić information content (AvgIpc) is 3.77. The first-order valence-electron chi connectivity index (χ1n) is 13.2. The highest BCUT2D eigenvalue weighted by atomic mass is 35.5. The maximum atomic E-state index is 13.4. The van der Waals surface area contributed by atoms with Gasteiger partial charge in [-0.25, -0.2) is 0 Å². The number of aliphatic hydroxyl groups is 1. The van der Waals surface area contributed by atoms with Gasteiger partial charge in [0.2, 0.25) is 5.13 Å². The van der Waals surface area contributed by atoms with Crippen LogP contribution in [0.3, 0.4) is 0 Å². The molecule has 0 saturated carbocycles. The second kappa shape index (κ2) is 12.5. The Labute approximate surface area is 260 Å². The Kier molecular flexibility index (Phi) is 8.33. The monoisotopic (exact) mass is 629 g/mol. The first-order chi connectivity index (χ1) is 20.9. The molecule has 1 fully saturated rings. The van der Waals surface area contributed by atoms with Gasteiger partial charge < -0.3 is 14.3 Å². The van der Waals surface area contributed by atoms with Crippen molar-refractivity contribution in [3.05, 3.63) is 130 Å². The number of carbonyl (C=O) groups is 2. The molecular formula is C32H24ClN3O5S2. The van der Waals surface area contributed by atoms with E-state index in [1.54, 1.807) is 36.4 Å². The fraction of sp³-hybridized carbons (Fsp3) is 0.125. The van der Waals surface area contributed by atoms with Gasteiger partial charge in [-0.05, 0) is 66.6 Å². The van der Waals surface area contributed by atoms with Crippen LogP contribution in [0.25, 0.3) is 5.76 Å². The lowest BCUT2D eigenvalue weighted by molar-refractivity contribution is -0.132. The van der Waals surface area contributed by atoms with Gasteiger partial charge >= 0.3 is 5.91 Å². The Morgan fingerprint density at radius 3 is 2.53 bits per heavy atom. The Morgan fingerprint density at radius 1 is 1.02 bits per heavy atom. The number of anilines is 1. The summed E-state index contributed by atoms with van der Waals surface area (Å²) in [5.41, 5.74) is 3.49. The number of hydrogen-bond donors (Lipinski definition) is 1. The van der Waals surface area contributed by atoms with Gasteiger partial charge in [0.15, 0.2) is 4.34 Å². The van der Waals surface area contributed by atoms with Gasteiger partial charge in [0.05, 0.1) is 11.8 Å². The highest BCUT2D eigenvalue weighted by Crippen LogP contribution is 2.44. The number of ketones is 1. The smallest absolute Gasteiger partial charge is 0.302 e. The molecule has 5 aromatic rings. The normalized spacial score (nSPS) is 16.1. The van der Waals surface area contributed by atoms with E-state index in [0.717, 1.165) is 16.7 Å². The van der Waals surface area contributed by atoms with Crippen LogP contribution in [0.5, 0.6) is 5.75 Å². The molecule has 0 spiro atoms. The zero-order valence-electron chi connectivity index (χ0n) is 22.8. The van der Waals surface area contributed by atoms with Crippen molar-refractivity contribution in [3.63, 3.8) is 0 Å². The highest BCUT2D eigenvalue weighted by molar-refractivity contribution is 8.00. The highest BCUT2D eigenvalue weighted by Gasteiger charge is 2.49. The maximum Gasteiger partial charge on any atom is 0.302 e. The summed E-state index contributed by atoms with van der Waals surface area (Å²) in [7, 11) is 0. The number of thioether (sulfide) groups is 1. The van der Waals surface area contributed by atoms with E-state index in [1.807, 2.05) is 55.5 Å². The number of ether oxygens (including phenoxy) is 1. The van der Waals surface area contributed by atoms with Crippen LogP contribution in [0.2, 0.25) is 5.02 Å². The molecule has 1 aliphatic heterocycles. The predicted molar refractivity (Wildman–Crippen MR) is 166 cm³/mol. The Bertz CT molecular complexity index is 1800. The van der Waals surface area contributed by atoms with E-state index in [2.05, 4.69) is 10.2 Å². The van der Waals surface area contributed by atoms with E-state index in [-0.39, 0.29) is 16.5 Å². The molecule has 0 aliphatic carbocycles. The number of halogens is 1. The summed E-state index contributed by atoms with van der Waals surface area (Å²) < 4.78 is 12.1. The number of aryl methyl sites for hydroxylation is 1. The molecule has 8 nitrogen and oxygen atoms in total. The van der Waals surface area contributed by atoms with Crippen LogP contribution in [0, 0.1) is 6.92 Å². The largest absolute Gasteiger partial charge is 0.507 e. The number of nitrogens with zero attached hydrogens (tertiary/aromatic N) is 3. The molecule has 6 rings (SSSR count). The molecule has 1 atom stereocenters. The number of furan rings is 1. The molecule has 43 heavy (non-hydrogen) atoms. The molecule has 1 N–H and O–H groups in total. The molecule has 1 saturated heterocycles. The lowest BCUT2D eigenvalue weighted by atomic mass is 9.99. The van der Waals surface area contributed by atoms with Crippen molar-refractivity contribution < 1.29 is 23.8 Å². The molecular weight excluding hydrogens is 606 g/mol. The minimum absolute atomic E-state index is 0.0982. The zero-order valence-corrected chi connectivity index (χ0v) is 25.2. The van der Waals surface area contributed by atoms with Crippen molar-refractivity contribution in [2.45, 2.75) is 29.7 Å². The van der Waals surface area contributed by atoms with Crippen molar-refractivity contribution in [2.24, 2.45) is 0 Å². The Hall–Kier alpha value is -4.38. The third-order valence-electron chi connectivity index (χ3n) is 6.75. The van der Waals surface area contributed by atoms with E-state index in [9.17, 15) is 14.7 Å². The van der Waals surface area contributed by atoms with E-state index in [4.69, 9.17) is 20.8 Å². The number of benzene rings is 3. The molecule has 1 unspecified atom stereocenters. The molecule has 3 aromatic carbocycles. The molecule has 11 heteroatoms. The van der Waals surface area contributed by atoms with E-state index >= 15 is 0 Å². The average molecular weight is 630 g/mol. The first-order valence-corrected chi connectivity index (χ1v) is 15.4. The zero-order chi connectivity index (χ0) is 29.9. The summed E-state index contributed by atoms with van der Waals surface area (Å²) in [4.78, 5) is 28.0. The van der Waals surface area contributed by atoms with Crippen molar-refractivity contribution in [2.75, 3.05) is 4.90 Å². The van der Waals surface area contributed by atoms with Crippen LogP contribution in [0.15, 0.2) is 106 Å². The Morgan fingerprint density at radius 2 is 1.81 bits per heavy atom. The topological polar surface area (TPSA) is 106 Å². The standard InChI is InChI=1S/C32H24ClN3O5S2/c1-19-4-2-5-21(16-19)17-41-24-13-9-22(10-14-24)28(37)26-27(25-6-3-15-40-25)36(30(39)29(26)38)31-34-35-32(43-31)42-18-20-7-11-23(33)12-8-20/h2-16,27,37H,17-18H2,1H3. The molecule has 216 valence electrons. The number of rotatable bonds is 9. The summed E-state index contributed by atoms with van der Waals surface area (Å²) in [5, 5.41) is 20.7. The summed E-state index contributed by atoms with van der Waals surface area (Å²) in [5.74, 6) is -0.468. The number of Topliss-reactive ketones (excluding diaryl/α,β-unsaturated/α-hetero) is 1. The van der Waals surface area contributed by atoms with Gasteiger partial charge in [0.25, 0.3) is 5.78 Å². The van der Waals surface area contributed by atoms with Crippen LogP contribution in [0.4, 0.5) is 5.13 Å². The van der Waals surface area contributed by atoms with Crippen LogP contribution in [-0.4, -0.2) is 27.0 Å². The van der Waals surface area contributed by atoms with E-state index in [1.165, 1.54) is 34.3 Å². The molecule has 0 bridgehead atoms. The quantitative estimate of drug-likeness (QED) is 0.0584. The number of aromatic nitrogens is 2. The van der Waals surface area contributed by atoms with Crippen molar-refractivity contribution >= 4 is 57.3 Å². The summed E-state index contributed by atoms with van der Waals surface area (Å²) >= 11 is 8.61. The number of amides is 1. The second-order valence-electron chi connectivity index (χ2n) is 9.75. The summed E-state index contributed by atoms with van der Waals surface area (Å²) in [6, 6.07) is 24.5. The number of aliphatic hydroxyl groups excluding tert-OH is 1. The second-order valence-corrected chi connectivity index (χ2v) is 12.4. The third-order valence-corrected chi connectivity index (χ3v) is 9.13. The lowest BCUT2D eigenvalue weighted by Gasteiger charge is -2.20. The van der Waals surface area contributed by atoms with Gasteiger partial charge in [-0.3, -0.25) is 14.5 Å². The van der Waals surface area contributed by atoms with Gasteiger partial charge in [-0.2, -0.15) is 0 Å². The summed E-state index contributed by atoms with van der Waals surface area (Å²) in [6.07, 6.45) is 1.45. The molecule has 1 aliphatic rings. The van der Waals surface area contributed by atoms with Gasteiger partial charge in [-0.15, -0.1) is 10.2 Å². The summed E-state index contributed by atoms with van der Waals surface area (Å²) in [6.45, 7) is 2.41. The minimum Gasteiger partial charge on any atom is -0.507 e. The molecule has 2 aromatic heterocycles. The fourth-order valence-electron chi connectivity index (χ4n) is 4.66. The maximum absolute atomic E-state index is 13.4. The van der Waals surface area contributed by atoms with Crippen LogP contribution < -0.4 is 9.64 Å². The number of hydrogen-bond acceptors (Lipinski definition) is 9. The Balaban J connectivity index is 1.25. The fourth-order valence-corrected chi connectivity index (χ4v) is 6.61. The van der Waals surface area contributed by atoms with Crippen LogP contribution >= 0.6 is 34.7 Å². The van der Waals surface area contributed by atoms with Crippen molar-refractivity contribution in [1.29, 1.82) is 0 Å². The minimum atomic E-state index is -1.02. The van der Waals surface area contributed by atoms with Crippen LogP contribution in [-0.2, 0) is 21.9 Å². The molecule has 3 heterocycles. The molecule has 1 amide bonds. The lowest BCUT2D eigenvalue weighted by Crippen LogP contribution is -2.29. The molecule has 0 radical (unpaired) electrons. The SMILES string of the molecule is Cc1cccc(COc2ccc(C(O)=C3C(=O)C(=O)N(c4nnc(SCc5ccc(Cl)cc5)s4)C3c3ccco3)cc2)c1. The van der Waals surface area contributed by atoms with Crippen LogP contribution in [0.1, 0.15) is 34.1 Å². The third kappa shape index (κ3) is 6.22. The predicted octanol–water partition coefficient (Wildman–Crippen LogP) is 7.59. The number of carbonyl (C=O) groups excluding carboxylic acids is 2. The van der Waals surface area contributed by atoms with Gasteiger partial charge in [0.1, 0.15) is 29.9 Å². The van der Waals surface area contributed by atoms with Crippen molar-refractivity contribution in [1.82, 2.24) is 10.2 Å². The van der Waals surface area contributed by atoms with Gasteiger partial charge in [-0.1, -0.05) is 76.7 Å². The first kappa shape index (κ1) is 28.7. The van der Waals surface area contributed by atoms with E-state index in [0.29, 0.717) is 38.8 Å². The van der Waals surface area contributed by atoms with Gasteiger partial charge in [0, 0.05) is 16.3 Å².